The van der Waals surface area contributed by atoms with Crippen molar-refractivity contribution in [3.63, 3.8) is 0 Å². The van der Waals surface area contributed by atoms with Gasteiger partial charge in [0.15, 0.2) is 0 Å². The number of hydrogen-bond acceptors (Lipinski definition) is 2. The maximum absolute atomic E-state index is 13.7. The molecule has 6 heteroatoms. The number of rotatable bonds is 2. The number of aryl methyl sites for hydroxylation is 1. The fraction of sp³-hybridized carbons (Fsp3) is 0.0667. The van der Waals surface area contributed by atoms with E-state index in [2.05, 4.69) is 10.3 Å². The Kier molecular flexibility index (Phi) is 3.35. The molecule has 0 spiro atoms. The molecule has 2 heterocycles. The third-order valence-corrected chi connectivity index (χ3v) is 3.46. The number of benzene rings is 1. The van der Waals surface area contributed by atoms with Crippen LogP contribution < -0.4 is 5.32 Å². The molecule has 0 radical (unpaired) electrons. The second-order valence-corrected chi connectivity index (χ2v) is 5.01. The minimum Gasteiger partial charge on any atom is -0.340 e. The Balaban J connectivity index is 1.96. The van der Waals surface area contributed by atoms with Crippen LogP contribution in [-0.4, -0.2) is 15.5 Å². The normalized spacial score (nSPS) is 10.8. The summed E-state index contributed by atoms with van der Waals surface area (Å²) in [4.78, 5) is 16.3. The zero-order valence-electron chi connectivity index (χ0n) is 11.1. The summed E-state index contributed by atoms with van der Waals surface area (Å²) in [6, 6.07) is 9.49. The van der Waals surface area contributed by atoms with Gasteiger partial charge in [-0.15, -0.1) is 0 Å². The van der Waals surface area contributed by atoms with Gasteiger partial charge in [0.2, 0.25) is 0 Å². The van der Waals surface area contributed by atoms with E-state index in [9.17, 15) is 9.18 Å². The quantitative estimate of drug-likeness (QED) is 0.786. The molecular formula is C15H11ClFN3O. The van der Waals surface area contributed by atoms with Gasteiger partial charge in [0.25, 0.3) is 5.91 Å². The first-order chi connectivity index (χ1) is 10.1. The number of pyridine rings is 1. The molecule has 0 aliphatic carbocycles. The lowest BCUT2D eigenvalue weighted by atomic mass is 10.2. The molecule has 21 heavy (non-hydrogen) atoms. The van der Waals surface area contributed by atoms with E-state index in [0.29, 0.717) is 27.4 Å². The zero-order valence-corrected chi connectivity index (χ0v) is 11.9. The van der Waals surface area contributed by atoms with Gasteiger partial charge in [-0.05, 0) is 30.3 Å². The first-order valence-electron chi connectivity index (χ1n) is 6.23. The molecule has 1 amide bonds. The first kappa shape index (κ1) is 13.6. The van der Waals surface area contributed by atoms with Crippen LogP contribution in [0, 0.1) is 5.82 Å². The van der Waals surface area contributed by atoms with E-state index in [0.717, 1.165) is 0 Å². The standard InChI is InChI=1S/C15H11ClFN3O/c1-20-12-4-2-3-11(17)10(12)7-13(20)15(21)19-14-6-5-9(16)8-18-14/h2-8H,1H3,(H,18,19,21). The van der Waals surface area contributed by atoms with Gasteiger partial charge in [-0.25, -0.2) is 9.37 Å². The third-order valence-electron chi connectivity index (χ3n) is 3.24. The summed E-state index contributed by atoms with van der Waals surface area (Å²) >= 11 is 5.74. The third kappa shape index (κ3) is 2.48. The predicted molar refractivity (Wildman–Crippen MR) is 80.1 cm³/mol. The molecule has 106 valence electrons. The van der Waals surface area contributed by atoms with E-state index in [1.54, 1.807) is 35.9 Å². The lowest BCUT2D eigenvalue weighted by Crippen LogP contribution is -2.16. The van der Waals surface area contributed by atoms with Crippen molar-refractivity contribution in [2.45, 2.75) is 0 Å². The van der Waals surface area contributed by atoms with Gasteiger partial charge in [0.05, 0.1) is 10.5 Å². The summed E-state index contributed by atoms with van der Waals surface area (Å²) in [7, 11) is 1.71. The van der Waals surface area contributed by atoms with E-state index in [4.69, 9.17) is 11.6 Å². The zero-order chi connectivity index (χ0) is 15.0. The molecule has 4 nitrogen and oxygen atoms in total. The Morgan fingerprint density at radius 1 is 1.33 bits per heavy atom. The molecule has 0 saturated carbocycles. The van der Waals surface area contributed by atoms with Gasteiger partial charge >= 0.3 is 0 Å². The van der Waals surface area contributed by atoms with E-state index >= 15 is 0 Å². The highest BCUT2D eigenvalue weighted by Gasteiger charge is 2.15. The SMILES string of the molecule is Cn1c(C(=O)Nc2ccc(Cl)cn2)cc2c(F)cccc21. The number of nitrogens with zero attached hydrogens (tertiary/aromatic N) is 2. The molecule has 0 saturated heterocycles. The van der Waals surface area contributed by atoms with Crippen molar-refractivity contribution in [2.24, 2.45) is 7.05 Å². The second-order valence-electron chi connectivity index (χ2n) is 4.58. The van der Waals surface area contributed by atoms with Crippen molar-refractivity contribution < 1.29 is 9.18 Å². The molecule has 3 aromatic rings. The monoisotopic (exact) mass is 303 g/mol. The lowest BCUT2D eigenvalue weighted by molar-refractivity contribution is 0.101. The van der Waals surface area contributed by atoms with E-state index < -0.39 is 0 Å². The van der Waals surface area contributed by atoms with Gasteiger partial charge in [0.1, 0.15) is 17.3 Å². The van der Waals surface area contributed by atoms with E-state index in [1.807, 2.05) is 0 Å². The van der Waals surface area contributed by atoms with Crippen LogP contribution in [-0.2, 0) is 7.05 Å². The summed E-state index contributed by atoms with van der Waals surface area (Å²) in [6.45, 7) is 0. The maximum atomic E-state index is 13.7. The van der Waals surface area contributed by atoms with Crippen LogP contribution in [0.5, 0.6) is 0 Å². The summed E-state index contributed by atoms with van der Waals surface area (Å²) in [6.07, 6.45) is 1.44. The predicted octanol–water partition coefficient (Wildman–Crippen LogP) is 3.62. The molecule has 0 fully saturated rings. The largest absolute Gasteiger partial charge is 0.340 e. The second kappa shape index (κ2) is 5.18. The Morgan fingerprint density at radius 2 is 2.14 bits per heavy atom. The number of anilines is 1. The Morgan fingerprint density at radius 3 is 2.81 bits per heavy atom. The Bertz CT molecular complexity index is 827. The van der Waals surface area contributed by atoms with Gasteiger partial charge in [-0.2, -0.15) is 0 Å². The number of halogens is 2. The maximum Gasteiger partial charge on any atom is 0.273 e. The van der Waals surface area contributed by atoms with Crippen molar-refractivity contribution in [1.29, 1.82) is 0 Å². The van der Waals surface area contributed by atoms with Crippen LogP contribution in [0.1, 0.15) is 10.5 Å². The highest BCUT2D eigenvalue weighted by atomic mass is 35.5. The van der Waals surface area contributed by atoms with Gasteiger partial charge in [-0.3, -0.25) is 4.79 Å². The Hall–Kier alpha value is -2.40. The van der Waals surface area contributed by atoms with Crippen LogP contribution in [0.3, 0.4) is 0 Å². The van der Waals surface area contributed by atoms with Crippen molar-refractivity contribution in [3.8, 4) is 0 Å². The molecular weight excluding hydrogens is 293 g/mol. The number of amides is 1. The van der Waals surface area contributed by atoms with Crippen LogP contribution in [0.4, 0.5) is 10.2 Å². The number of hydrogen-bond donors (Lipinski definition) is 1. The average Bonchev–Trinajstić information content (AvgIpc) is 2.81. The molecule has 1 aromatic carbocycles. The number of aromatic nitrogens is 2. The van der Waals surface area contributed by atoms with E-state index in [1.165, 1.54) is 18.3 Å². The summed E-state index contributed by atoms with van der Waals surface area (Å²) in [5, 5.41) is 3.55. The number of carbonyl (C=O) groups is 1. The lowest BCUT2D eigenvalue weighted by Gasteiger charge is -2.05. The molecule has 1 N–H and O–H groups in total. The summed E-state index contributed by atoms with van der Waals surface area (Å²) in [5.41, 5.74) is 1.01. The molecule has 0 unspecified atom stereocenters. The topological polar surface area (TPSA) is 46.9 Å². The fourth-order valence-electron chi connectivity index (χ4n) is 2.17. The number of nitrogens with one attached hydrogen (secondary N) is 1. The minimum atomic E-state index is -0.358. The van der Waals surface area contributed by atoms with Crippen LogP contribution in [0.25, 0.3) is 10.9 Å². The highest BCUT2D eigenvalue weighted by Crippen LogP contribution is 2.22. The first-order valence-corrected chi connectivity index (χ1v) is 6.61. The minimum absolute atomic E-state index is 0.354. The summed E-state index contributed by atoms with van der Waals surface area (Å²) < 4.78 is 15.4. The van der Waals surface area contributed by atoms with Crippen LogP contribution in [0.15, 0.2) is 42.6 Å². The van der Waals surface area contributed by atoms with E-state index in [-0.39, 0.29) is 11.7 Å². The molecule has 2 aromatic heterocycles. The molecule has 3 rings (SSSR count). The number of fused-ring (bicyclic) bond motifs is 1. The van der Waals surface area contributed by atoms with Crippen molar-refractivity contribution in [1.82, 2.24) is 9.55 Å². The summed E-state index contributed by atoms with van der Waals surface area (Å²) in [5.74, 6) is -0.329. The molecule has 0 aliphatic rings. The van der Waals surface area contributed by atoms with Crippen molar-refractivity contribution in [2.75, 3.05) is 5.32 Å². The molecule has 0 atom stereocenters. The molecule has 0 bridgehead atoms. The van der Waals surface area contributed by atoms with Gasteiger partial charge in [-0.1, -0.05) is 17.7 Å². The van der Waals surface area contributed by atoms with Crippen LogP contribution >= 0.6 is 11.6 Å². The molecule has 0 aliphatic heterocycles. The van der Waals surface area contributed by atoms with Crippen LogP contribution in [0.2, 0.25) is 5.02 Å². The Labute approximate surface area is 125 Å². The van der Waals surface area contributed by atoms with Crippen molar-refractivity contribution in [3.05, 3.63) is 59.1 Å². The smallest absolute Gasteiger partial charge is 0.273 e. The number of carbonyl (C=O) groups excluding carboxylic acids is 1. The fourth-order valence-corrected chi connectivity index (χ4v) is 2.28. The average molecular weight is 304 g/mol. The van der Waals surface area contributed by atoms with Gasteiger partial charge < -0.3 is 9.88 Å². The highest BCUT2D eigenvalue weighted by molar-refractivity contribution is 6.30. The van der Waals surface area contributed by atoms with Crippen molar-refractivity contribution >= 4 is 34.2 Å². The van der Waals surface area contributed by atoms with Gasteiger partial charge in [0, 0.05) is 18.6 Å².